The van der Waals surface area contributed by atoms with Crippen molar-refractivity contribution in [1.29, 1.82) is 0 Å². The molecule has 0 fully saturated rings. The molecule has 0 heterocycles. The molecule has 0 radical (unpaired) electrons. The maximum absolute atomic E-state index is 11.2. The van der Waals surface area contributed by atoms with Crippen molar-refractivity contribution in [3.05, 3.63) is 23.3 Å². The van der Waals surface area contributed by atoms with E-state index < -0.39 is 11.2 Å². The van der Waals surface area contributed by atoms with Gasteiger partial charge in [0.05, 0.1) is 12.4 Å². The Labute approximate surface area is 115 Å². The van der Waals surface area contributed by atoms with Crippen molar-refractivity contribution in [2.24, 2.45) is 5.73 Å². The molecule has 1 amide bonds. The molecule has 100 valence electrons. The van der Waals surface area contributed by atoms with Crippen LogP contribution in [0.3, 0.4) is 0 Å². The quantitative estimate of drug-likeness (QED) is 0.591. The summed E-state index contributed by atoms with van der Waals surface area (Å²) >= 11 is 0.791. The number of rotatable bonds is 6. The Morgan fingerprint density at radius 2 is 2.37 bits per heavy atom. The molecular formula is C13H13NO4S. The normalized spacial score (nSPS) is 11.4. The van der Waals surface area contributed by atoms with Gasteiger partial charge >= 0.3 is 0 Å². The fourth-order valence-electron chi connectivity index (χ4n) is 1.63. The fourth-order valence-corrected chi connectivity index (χ4v) is 2.18. The third kappa shape index (κ3) is 3.42. The summed E-state index contributed by atoms with van der Waals surface area (Å²) < 4.78 is 5.15. The molecule has 19 heavy (non-hydrogen) atoms. The molecule has 1 unspecified atom stereocenters. The van der Waals surface area contributed by atoms with Crippen molar-refractivity contribution in [1.82, 2.24) is 0 Å². The summed E-state index contributed by atoms with van der Waals surface area (Å²) in [6.45, 7) is 0. The number of hydrogen-bond acceptors (Lipinski definition) is 5. The summed E-state index contributed by atoms with van der Waals surface area (Å²) in [6.07, 6.45) is 5.49. The number of benzene rings is 1. The molecule has 0 aliphatic carbocycles. The summed E-state index contributed by atoms with van der Waals surface area (Å²) in [7, 11) is 1.41. The summed E-state index contributed by atoms with van der Waals surface area (Å²) in [6, 6.07) is 2.99. The Balaban J connectivity index is 3.17. The van der Waals surface area contributed by atoms with E-state index >= 15 is 0 Å². The first-order chi connectivity index (χ1) is 9.04. The lowest BCUT2D eigenvalue weighted by Crippen LogP contribution is -2.28. The highest BCUT2D eigenvalue weighted by Crippen LogP contribution is 2.32. The van der Waals surface area contributed by atoms with Gasteiger partial charge < -0.3 is 15.6 Å². The molecule has 1 aromatic carbocycles. The van der Waals surface area contributed by atoms with Crippen molar-refractivity contribution in [3.8, 4) is 23.8 Å². The second kappa shape index (κ2) is 6.71. The number of phenols is 1. The SMILES string of the molecule is C#Cc1c(O)ccc(CC(SC=O)C(N)=O)c1OC. The minimum Gasteiger partial charge on any atom is -0.507 e. The minimum atomic E-state index is -0.707. The Kier molecular flexibility index (Phi) is 5.27. The number of amides is 1. The van der Waals surface area contributed by atoms with Crippen LogP contribution >= 0.6 is 11.8 Å². The highest BCUT2D eigenvalue weighted by Gasteiger charge is 2.20. The number of nitrogens with two attached hydrogens (primary N) is 1. The third-order valence-corrected chi connectivity index (χ3v) is 3.35. The molecule has 0 saturated heterocycles. The Morgan fingerprint density at radius 1 is 1.68 bits per heavy atom. The highest BCUT2D eigenvalue weighted by atomic mass is 32.2. The number of carbonyl (C=O) groups excluding carboxylic acids is 2. The molecule has 0 aliphatic heterocycles. The largest absolute Gasteiger partial charge is 0.507 e. The second-order valence-corrected chi connectivity index (χ2v) is 4.66. The number of thioether (sulfide) groups is 1. The number of aromatic hydroxyl groups is 1. The average molecular weight is 279 g/mol. The summed E-state index contributed by atoms with van der Waals surface area (Å²) in [5, 5.41) is 8.91. The first-order valence-corrected chi connectivity index (χ1v) is 6.23. The molecule has 1 atom stereocenters. The number of terminal acetylenes is 1. The lowest BCUT2D eigenvalue weighted by Gasteiger charge is -2.15. The van der Waals surface area contributed by atoms with Gasteiger partial charge in [0, 0.05) is 0 Å². The van der Waals surface area contributed by atoms with Crippen LogP contribution in [0.4, 0.5) is 0 Å². The highest BCUT2D eigenvalue weighted by molar-refractivity contribution is 8.13. The lowest BCUT2D eigenvalue weighted by molar-refractivity contribution is -0.117. The first-order valence-electron chi connectivity index (χ1n) is 5.29. The molecule has 0 bridgehead atoms. The van der Waals surface area contributed by atoms with Crippen molar-refractivity contribution in [3.63, 3.8) is 0 Å². The molecule has 6 heteroatoms. The van der Waals surface area contributed by atoms with E-state index in [9.17, 15) is 14.7 Å². The van der Waals surface area contributed by atoms with Crippen LogP contribution in [-0.4, -0.2) is 29.0 Å². The first kappa shape index (κ1) is 14.9. The van der Waals surface area contributed by atoms with E-state index in [1.54, 1.807) is 6.07 Å². The standard InChI is InChI=1S/C13H13NO4S/c1-3-9-10(16)5-4-8(12(9)18-2)6-11(13(14)17)19-7-15/h1,4-5,7,11,16H,6H2,2H3,(H2,14,17). The average Bonchev–Trinajstić information content (AvgIpc) is 2.39. The van der Waals surface area contributed by atoms with Crippen LogP contribution in [0, 0.1) is 12.3 Å². The Bertz CT molecular complexity index is 536. The van der Waals surface area contributed by atoms with Crippen LogP contribution in [0.15, 0.2) is 12.1 Å². The summed E-state index contributed by atoms with van der Waals surface area (Å²) in [5.74, 6) is 1.94. The summed E-state index contributed by atoms with van der Waals surface area (Å²) in [5.41, 5.74) is 6.58. The van der Waals surface area contributed by atoms with E-state index in [2.05, 4.69) is 5.92 Å². The monoisotopic (exact) mass is 279 g/mol. The molecule has 0 spiro atoms. The topological polar surface area (TPSA) is 89.6 Å². The van der Waals surface area contributed by atoms with E-state index in [4.69, 9.17) is 16.9 Å². The van der Waals surface area contributed by atoms with Gasteiger partial charge in [-0.1, -0.05) is 23.7 Å². The van der Waals surface area contributed by atoms with Gasteiger partial charge in [-0.05, 0) is 18.1 Å². The van der Waals surface area contributed by atoms with Gasteiger partial charge in [0.25, 0.3) is 0 Å². The lowest BCUT2D eigenvalue weighted by atomic mass is 10.0. The van der Waals surface area contributed by atoms with Crippen LogP contribution in [0.1, 0.15) is 11.1 Å². The summed E-state index contributed by atoms with van der Waals surface area (Å²) in [4.78, 5) is 21.7. The van der Waals surface area contributed by atoms with Gasteiger partial charge in [0.15, 0.2) is 5.62 Å². The zero-order valence-corrected chi connectivity index (χ0v) is 11.1. The van der Waals surface area contributed by atoms with E-state index in [-0.39, 0.29) is 17.7 Å². The van der Waals surface area contributed by atoms with Crippen molar-refractivity contribution in [2.45, 2.75) is 11.7 Å². The molecule has 0 aliphatic rings. The van der Waals surface area contributed by atoms with Gasteiger partial charge in [-0.2, -0.15) is 0 Å². The van der Waals surface area contributed by atoms with E-state index in [1.165, 1.54) is 13.2 Å². The predicted molar refractivity (Wildman–Crippen MR) is 73.6 cm³/mol. The van der Waals surface area contributed by atoms with Crippen LogP contribution in [0.2, 0.25) is 0 Å². The van der Waals surface area contributed by atoms with Crippen molar-refractivity contribution < 1.29 is 19.4 Å². The van der Waals surface area contributed by atoms with Crippen LogP contribution in [-0.2, 0) is 16.0 Å². The number of hydrogen-bond donors (Lipinski definition) is 2. The molecule has 0 aromatic heterocycles. The maximum atomic E-state index is 11.2. The zero-order chi connectivity index (χ0) is 14.4. The number of ether oxygens (including phenoxy) is 1. The van der Waals surface area contributed by atoms with Crippen LogP contribution in [0.5, 0.6) is 11.5 Å². The van der Waals surface area contributed by atoms with Gasteiger partial charge in [0.2, 0.25) is 5.91 Å². The Morgan fingerprint density at radius 3 is 2.84 bits per heavy atom. The van der Waals surface area contributed by atoms with Gasteiger partial charge in [-0.25, -0.2) is 0 Å². The molecule has 0 saturated carbocycles. The van der Waals surface area contributed by atoms with Crippen molar-refractivity contribution >= 4 is 23.3 Å². The fraction of sp³-hybridized carbons (Fsp3) is 0.231. The predicted octanol–water partition coefficient (Wildman–Crippen LogP) is 0.702. The van der Waals surface area contributed by atoms with Crippen molar-refractivity contribution in [2.75, 3.05) is 7.11 Å². The number of primary amides is 1. The molecule has 3 N–H and O–H groups in total. The van der Waals surface area contributed by atoms with Crippen LogP contribution in [0.25, 0.3) is 0 Å². The smallest absolute Gasteiger partial charge is 0.231 e. The molecule has 1 aromatic rings. The minimum absolute atomic E-state index is 0.0817. The Hall–Kier alpha value is -2.13. The van der Waals surface area contributed by atoms with Gasteiger partial charge in [-0.3, -0.25) is 9.59 Å². The van der Waals surface area contributed by atoms with Gasteiger partial charge in [-0.15, -0.1) is 6.42 Å². The van der Waals surface area contributed by atoms with E-state index in [0.29, 0.717) is 16.9 Å². The number of methoxy groups -OCH3 is 1. The number of carbonyl (C=O) groups is 2. The van der Waals surface area contributed by atoms with Crippen LogP contribution < -0.4 is 10.5 Å². The van der Waals surface area contributed by atoms with Gasteiger partial charge in [0.1, 0.15) is 17.1 Å². The van der Waals surface area contributed by atoms with E-state index in [1.807, 2.05) is 0 Å². The zero-order valence-electron chi connectivity index (χ0n) is 10.3. The van der Waals surface area contributed by atoms with E-state index in [0.717, 1.165) is 11.8 Å². The third-order valence-electron chi connectivity index (χ3n) is 2.51. The molecule has 5 nitrogen and oxygen atoms in total. The maximum Gasteiger partial charge on any atom is 0.231 e. The second-order valence-electron chi connectivity index (χ2n) is 3.62. The molecule has 1 rings (SSSR count). The molecular weight excluding hydrogens is 266 g/mol. The number of phenolic OH excluding ortho intramolecular Hbond substituents is 1.